The van der Waals surface area contributed by atoms with Crippen molar-refractivity contribution in [1.29, 1.82) is 0 Å². The van der Waals surface area contributed by atoms with Crippen molar-refractivity contribution in [3.05, 3.63) is 65.9 Å². The Kier molecular flexibility index (Phi) is 7.01. The smallest absolute Gasteiger partial charge is 0.229 e. The molecule has 0 spiro atoms. The lowest BCUT2D eigenvalue weighted by molar-refractivity contribution is -0.120. The Morgan fingerprint density at radius 1 is 0.833 bits per heavy atom. The SMILES string of the molecule is CCC(CC)C(=O)Nc1ccc(Nc2nc(C)cc(Nc3ccc(C)cc3)n2)cc1. The Bertz CT molecular complexity index is 979. The van der Waals surface area contributed by atoms with Crippen molar-refractivity contribution in [3.8, 4) is 0 Å². The third kappa shape index (κ3) is 5.80. The van der Waals surface area contributed by atoms with Crippen molar-refractivity contribution >= 4 is 34.7 Å². The zero-order valence-electron chi connectivity index (χ0n) is 18.0. The molecule has 156 valence electrons. The quantitative estimate of drug-likeness (QED) is 0.433. The van der Waals surface area contributed by atoms with Gasteiger partial charge in [0.1, 0.15) is 5.82 Å². The number of hydrogen-bond donors (Lipinski definition) is 3. The molecule has 3 aromatic rings. The maximum atomic E-state index is 12.2. The first-order valence-electron chi connectivity index (χ1n) is 10.3. The average Bonchev–Trinajstić information content (AvgIpc) is 2.72. The molecule has 3 N–H and O–H groups in total. The first-order valence-corrected chi connectivity index (χ1v) is 10.3. The van der Waals surface area contributed by atoms with Gasteiger partial charge < -0.3 is 16.0 Å². The minimum Gasteiger partial charge on any atom is -0.340 e. The minimum absolute atomic E-state index is 0.0444. The summed E-state index contributed by atoms with van der Waals surface area (Å²) in [4.78, 5) is 21.3. The fourth-order valence-electron chi connectivity index (χ4n) is 3.14. The van der Waals surface area contributed by atoms with Gasteiger partial charge in [-0.3, -0.25) is 4.79 Å². The molecule has 0 saturated heterocycles. The summed E-state index contributed by atoms with van der Waals surface area (Å²) in [5.74, 6) is 1.35. The molecule has 1 amide bonds. The van der Waals surface area contributed by atoms with Crippen molar-refractivity contribution in [2.24, 2.45) is 5.92 Å². The van der Waals surface area contributed by atoms with Crippen LogP contribution in [0, 0.1) is 19.8 Å². The second kappa shape index (κ2) is 9.87. The molecule has 30 heavy (non-hydrogen) atoms. The molecule has 0 radical (unpaired) electrons. The van der Waals surface area contributed by atoms with E-state index in [0.29, 0.717) is 5.95 Å². The summed E-state index contributed by atoms with van der Waals surface area (Å²) < 4.78 is 0. The maximum absolute atomic E-state index is 12.2. The molecule has 6 nitrogen and oxygen atoms in total. The standard InChI is InChI=1S/C24H29N5O/c1-5-18(6-2)23(30)27-20-11-13-21(14-12-20)28-24-25-17(4)15-22(29-24)26-19-9-7-16(3)8-10-19/h7-15,18H,5-6H2,1-4H3,(H,27,30)(H2,25,26,28,29). The topological polar surface area (TPSA) is 78.9 Å². The van der Waals surface area contributed by atoms with Crippen molar-refractivity contribution in [2.45, 2.75) is 40.5 Å². The van der Waals surface area contributed by atoms with E-state index < -0.39 is 0 Å². The molecule has 0 aliphatic heterocycles. The van der Waals surface area contributed by atoms with Crippen LogP contribution in [-0.2, 0) is 4.79 Å². The van der Waals surface area contributed by atoms with Gasteiger partial charge in [0, 0.05) is 34.7 Å². The molecule has 0 bridgehead atoms. The largest absolute Gasteiger partial charge is 0.340 e. The fraction of sp³-hybridized carbons (Fsp3) is 0.292. The normalized spacial score (nSPS) is 10.7. The molecule has 0 saturated carbocycles. The van der Waals surface area contributed by atoms with Crippen molar-refractivity contribution < 1.29 is 4.79 Å². The predicted octanol–water partition coefficient (Wildman–Crippen LogP) is 5.96. The van der Waals surface area contributed by atoms with Gasteiger partial charge in [-0.15, -0.1) is 0 Å². The van der Waals surface area contributed by atoms with Gasteiger partial charge in [-0.05, 0) is 63.1 Å². The lowest BCUT2D eigenvalue weighted by Crippen LogP contribution is -2.21. The Hall–Kier alpha value is -3.41. The van der Waals surface area contributed by atoms with Crippen LogP contribution in [0.2, 0.25) is 0 Å². The van der Waals surface area contributed by atoms with Gasteiger partial charge in [0.2, 0.25) is 11.9 Å². The molecule has 0 unspecified atom stereocenters. The number of rotatable bonds is 8. The van der Waals surface area contributed by atoms with Crippen molar-refractivity contribution in [2.75, 3.05) is 16.0 Å². The van der Waals surface area contributed by atoms with Crippen LogP contribution in [-0.4, -0.2) is 15.9 Å². The van der Waals surface area contributed by atoms with E-state index >= 15 is 0 Å². The summed E-state index contributed by atoms with van der Waals surface area (Å²) >= 11 is 0. The number of carbonyl (C=O) groups excluding carboxylic acids is 1. The molecule has 1 heterocycles. The molecule has 0 aliphatic rings. The molecule has 0 aliphatic carbocycles. The Balaban J connectivity index is 1.68. The Morgan fingerprint density at radius 3 is 2.03 bits per heavy atom. The van der Waals surface area contributed by atoms with E-state index in [-0.39, 0.29) is 11.8 Å². The number of nitrogens with zero attached hydrogens (tertiary/aromatic N) is 2. The predicted molar refractivity (Wildman–Crippen MR) is 124 cm³/mol. The van der Waals surface area contributed by atoms with Crippen LogP contribution in [0.25, 0.3) is 0 Å². The fourth-order valence-corrected chi connectivity index (χ4v) is 3.14. The van der Waals surface area contributed by atoms with Gasteiger partial charge in [0.15, 0.2) is 0 Å². The number of aromatic nitrogens is 2. The van der Waals surface area contributed by atoms with Crippen LogP contribution in [0.5, 0.6) is 0 Å². The number of amides is 1. The zero-order chi connectivity index (χ0) is 21.5. The number of anilines is 5. The van der Waals surface area contributed by atoms with Crippen LogP contribution in [0.4, 0.5) is 28.8 Å². The average molecular weight is 404 g/mol. The summed E-state index contributed by atoms with van der Waals surface area (Å²) in [5.41, 5.74) is 4.67. The molecule has 3 rings (SSSR count). The summed E-state index contributed by atoms with van der Waals surface area (Å²) in [6.07, 6.45) is 1.68. The highest BCUT2D eigenvalue weighted by Gasteiger charge is 2.14. The maximum Gasteiger partial charge on any atom is 0.229 e. The van der Waals surface area contributed by atoms with E-state index in [1.807, 2.05) is 63.2 Å². The molecule has 2 aromatic carbocycles. The Morgan fingerprint density at radius 2 is 1.40 bits per heavy atom. The Labute approximate surface area is 178 Å². The van der Waals surface area contributed by atoms with Crippen LogP contribution >= 0.6 is 0 Å². The number of benzene rings is 2. The van der Waals surface area contributed by atoms with Gasteiger partial charge in [-0.25, -0.2) is 4.98 Å². The van der Waals surface area contributed by atoms with E-state index in [0.717, 1.165) is 41.4 Å². The highest BCUT2D eigenvalue weighted by molar-refractivity contribution is 5.92. The second-order valence-electron chi connectivity index (χ2n) is 7.41. The highest BCUT2D eigenvalue weighted by atomic mass is 16.1. The third-order valence-corrected chi connectivity index (χ3v) is 4.94. The number of carbonyl (C=O) groups is 1. The summed E-state index contributed by atoms with van der Waals surface area (Å²) in [6.45, 7) is 8.06. The van der Waals surface area contributed by atoms with Crippen LogP contribution in [0.1, 0.15) is 37.9 Å². The third-order valence-electron chi connectivity index (χ3n) is 4.94. The molecule has 6 heteroatoms. The van der Waals surface area contributed by atoms with Crippen LogP contribution < -0.4 is 16.0 Å². The first-order chi connectivity index (χ1) is 14.5. The van der Waals surface area contributed by atoms with Gasteiger partial charge in [0.05, 0.1) is 0 Å². The lowest BCUT2D eigenvalue weighted by atomic mass is 10.0. The van der Waals surface area contributed by atoms with Crippen molar-refractivity contribution in [3.63, 3.8) is 0 Å². The van der Waals surface area contributed by atoms with Crippen LogP contribution in [0.3, 0.4) is 0 Å². The van der Waals surface area contributed by atoms with E-state index in [1.165, 1.54) is 5.56 Å². The summed E-state index contributed by atoms with van der Waals surface area (Å²) in [6, 6.07) is 17.6. The first kappa shape index (κ1) is 21.3. The van der Waals surface area contributed by atoms with Crippen molar-refractivity contribution in [1.82, 2.24) is 9.97 Å². The number of aryl methyl sites for hydroxylation is 2. The van der Waals surface area contributed by atoms with Gasteiger partial charge in [-0.2, -0.15) is 4.98 Å². The summed E-state index contributed by atoms with van der Waals surface area (Å²) in [7, 11) is 0. The number of nitrogens with one attached hydrogen (secondary N) is 3. The van der Waals surface area contributed by atoms with Gasteiger partial charge >= 0.3 is 0 Å². The molecule has 0 atom stereocenters. The van der Waals surface area contributed by atoms with E-state index in [9.17, 15) is 4.79 Å². The highest BCUT2D eigenvalue weighted by Crippen LogP contribution is 2.21. The summed E-state index contributed by atoms with van der Waals surface area (Å²) in [5, 5.41) is 9.52. The van der Waals surface area contributed by atoms with Gasteiger partial charge in [-0.1, -0.05) is 31.5 Å². The molecule has 0 fully saturated rings. The monoisotopic (exact) mass is 403 g/mol. The second-order valence-corrected chi connectivity index (χ2v) is 7.41. The zero-order valence-corrected chi connectivity index (χ0v) is 18.0. The molecular formula is C24H29N5O. The van der Waals surface area contributed by atoms with E-state index in [1.54, 1.807) is 0 Å². The minimum atomic E-state index is 0.0444. The van der Waals surface area contributed by atoms with Gasteiger partial charge in [0.25, 0.3) is 0 Å². The molecular weight excluding hydrogens is 374 g/mol. The van der Waals surface area contributed by atoms with Crippen LogP contribution in [0.15, 0.2) is 54.6 Å². The molecule has 1 aromatic heterocycles. The van der Waals surface area contributed by atoms with E-state index in [4.69, 9.17) is 0 Å². The lowest BCUT2D eigenvalue weighted by Gasteiger charge is -2.13. The van der Waals surface area contributed by atoms with E-state index in [2.05, 4.69) is 45.0 Å². The number of hydrogen-bond acceptors (Lipinski definition) is 5.